The minimum absolute atomic E-state index is 1.26. The molecule has 18 heavy (non-hydrogen) atoms. The standard InChI is InChI=1S/C18H18/c1-3-10-15(4-2)17-13-8-9-14-18(17)16-11-6-5-7-12-16/h3-14H,1-2H3. The monoisotopic (exact) mass is 234 g/mol. The summed E-state index contributed by atoms with van der Waals surface area (Å²) in [5.74, 6) is 0. The third-order valence-electron chi connectivity index (χ3n) is 2.98. The van der Waals surface area contributed by atoms with Crippen molar-refractivity contribution in [1.29, 1.82) is 0 Å². The van der Waals surface area contributed by atoms with Gasteiger partial charge in [-0.05, 0) is 36.1 Å². The first kappa shape index (κ1) is 12.4. The van der Waals surface area contributed by atoms with E-state index < -0.39 is 0 Å². The second-order valence-electron chi connectivity index (χ2n) is 4.16. The molecule has 0 aliphatic heterocycles. The summed E-state index contributed by atoms with van der Waals surface area (Å²) in [6.07, 6.45) is 6.39. The molecule has 0 amide bonds. The van der Waals surface area contributed by atoms with Gasteiger partial charge in [0.15, 0.2) is 0 Å². The van der Waals surface area contributed by atoms with Gasteiger partial charge in [0.1, 0.15) is 0 Å². The molecule has 0 saturated heterocycles. The molecule has 0 N–H and O–H groups in total. The second kappa shape index (κ2) is 6.02. The summed E-state index contributed by atoms with van der Waals surface area (Å²) in [7, 11) is 0. The summed E-state index contributed by atoms with van der Waals surface area (Å²) >= 11 is 0. The van der Waals surface area contributed by atoms with Crippen LogP contribution in [0.2, 0.25) is 0 Å². The van der Waals surface area contributed by atoms with Crippen molar-refractivity contribution in [3.8, 4) is 11.1 Å². The third kappa shape index (κ3) is 2.60. The Morgan fingerprint density at radius 2 is 1.50 bits per heavy atom. The summed E-state index contributed by atoms with van der Waals surface area (Å²) in [5.41, 5.74) is 5.09. The van der Waals surface area contributed by atoms with Gasteiger partial charge in [-0.15, -0.1) is 0 Å². The fourth-order valence-electron chi connectivity index (χ4n) is 2.13. The molecule has 0 nitrogen and oxygen atoms in total. The molecule has 0 bridgehead atoms. The van der Waals surface area contributed by atoms with E-state index in [2.05, 4.69) is 86.7 Å². The molecule has 0 heteroatoms. The molecule has 0 spiro atoms. The maximum absolute atomic E-state index is 2.18. The van der Waals surface area contributed by atoms with Gasteiger partial charge in [0.05, 0.1) is 0 Å². The van der Waals surface area contributed by atoms with Crippen LogP contribution < -0.4 is 0 Å². The van der Waals surface area contributed by atoms with Crippen LogP contribution in [0.25, 0.3) is 16.7 Å². The molecule has 0 radical (unpaired) electrons. The van der Waals surface area contributed by atoms with Crippen LogP contribution in [0.15, 0.2) is 72.8 Å². The molecule has 0 aliphatic carbocycles. The Balaban J connectivity index is 2.57. The second-order valence-corrected chi connectivity index (χ2v) is 4.16. The first-order chi connectivity index (χ1) is 8.86. The van der Waals surface area contributed by atoms with Crippen molar-refractivity contribution in [3.63, 3.8) is 0 Å². The summed E-state index contributed by atoms with van der Waals surface area (Å²) in [6.45, 7) is 4.13. The molecule has 0 aliphatic rings. The van der Waals surface area contributed by atoms with Crippen LogP contribution in [0.5, 0.6) is 0 Å². The Morgan fingerprint density at radius 3 is 2.17 bits per heavy atom. The van der Waals surface area contributed by atoms with Gasteiger partial charge in [-0.3, -0.25) is 0 Å². The molecule has 90 valence electrons. The molecule has 0 atom stereocenters. The summed E-state index contributed by atoms with van der Waals surface area (Å²) in [4.78, 5) is 0. The SMILES string of the molecule is CC=CC(=CC)c1ccccc1-c1ccccc1. The maximum Gasteiger partial charge on any atom is -0.0106 e. The predicted molar refractivity (Wildman–Crippen MR) is 80.3 cm³/mol. The predicted octanol–water partition coefficient (Wildman–Crippen LogP) is 5.33. The highest BCUT2D eigenvalue weighted by molar-refractivity contribution is 5.85. The summed E-state index contributed by atoms with van der Waals surface area (Å²) < 4.78 is 0. The van der Waals surface area contributed by atoms with E-state index in [1.165, 1.54) is 22.3 Å². The van der Waals surface area contributed by atoms with Gasteiger partial charge in [0.25, 0.3) is 0 Å². The van der Waals surface area contributed by atoms with Crippen LogP contribution in [-0.4, -0.2) is 0 Å². The van der Waals surface area contributed by atoms with Crippen LogP contribution in [0, 0.1) is 0 Å². The first-order valence-corrected chi connectivity index (χ1v) is 6.30. The largest absolute Gasteiger partial charge is 0.0871 e. The average molecular weight is 234 g/mol. The topological polar surface area (TPSA) is 0 Å². The molecule has 2 aromatic rings. The zero-order valence-corrected chi connectivity index (χ0v) is 10.9. The lowest BCUT2D eigenvalue weighted by Gasteiger charge is -2.10. The van der Waals surface area contributed by atoms with Crippen LogP contribution in [-0.2, 0) is 0 Å². The maximum atomic E-state index is 2.18. The quantitative estimate of drug-likeness (QED) is 0.629. The number of allylic oxidation sites excluding steroid dienone is 4. The zero-order valence-electron chi connectivity index (χ0n) is 10.9. The minimum atomic E-state index is 1.26. The molecule has 0 heterocycles. The van der Waals surface area contributed by atoms with Gasteiger partial charge < -0.3 is 0 Å². The first-order valence-electron chi connectivity index (χ1n) is 6.30. The molecule has 0 unspecified atom stereocenters. The molecule has 0 saturated carbocycles. The molecular weight excluding hydrogens is 216 g/mol. The summed E-state index contributed by atoms with van der Waals surface area (Å²) in [6, 6.07) is 19.1. The van der Waals surface area contributed by atoms with Gasteiger partial charge in [-0.1, -0.05) is 72.8 Å². The Hall–Kier alpha value is -2.08. The van der Waals surface area contributed by atoms with Crippen molar-refractivity contribution in [2.75, 3.05) is 0 Å². The lowest BCUT2D eigenvalue weighted by atomic mass is 9.94. The number of hydrogen-bond acceptors (Lipinski definition) is 0. The van der Waals surface area contributed by atoms with Crippen molar-refractivity contribution in [2.45, 2.75) is 13.8 Å². The number of benzene rings is 2. The average Bonchev–Trinajstić information content (AvgIpc) is 2.46. The minimum Gasteiger partial charge on any atom is -0.0871 e. The van der Waals surface area contributed by atoms with Crippen molar-refractivity contribution >= 4 is 5.57 Å². The highest BCUT2D eigenvalue weighted by atomic mass is 14.1. The van der Waals surface area contributed by atoms with Gasteiger partial charge in [-0.2, -0.15) is 0 Å². The van der Waals surface area contributed by atoms with Crippen molar-refractivity contribution in [1.82, 2.24) is 0 Å². The highest BCUT2D eigenvalue weighted by Gasteiger charge is 2.05. The van der Waals surface area contributed by atoms with Crippen LogP contribution in [0.3, 0.4) is 0 Å². The zero-order chi connectivity index (χ0) is 12.8. The van der Waals surface area contributed by atoms with E-state index in [0.717, 1.165) is 0 Å². The molecule has 0 aromatic heterocycles. The summed E-state index contributed by atoms with van der Waals surface area (Å²) in [5, 5.41) is 0. The Kier molecular flexibility index (Phi) is 4.14. The van der Waals surface area contributed by atoms with Crippen molar-refractivity contribution in [3.05, 3.63) is 78.4 Å². The fraction of sp³-hybridized carbons (Fsp3) is 0.111. The van der Waals surface area contributed by atoms with Crippen molar-refractivity contribution < 1.29 is 0 Å². The van der Waals surface area contributed by atoms with E-state index in [1.54, 1.807) is 0 Å². The van der Waals surface area contributed by atoms with E-state index in [9.17, 15) is 0 Å². The van der Waals surface area contributed by atoms with Gasteiger partial charge in [0.2, 0.25) is 0 Å². The van der Waals surface area contributed by atoms with Gasteiger partial charge >= 0.3 is 0 Å². The van der Waals surface area contributed by atoms with Crippen LogP contribution in [0.1, 0.15) is 19.4 Å². The lowest BCUT2D eigenvalue weighted by Crippen LogP contribution is -1.87. The Morgan fingerprint density at radius 1 is 0.833 bits per heavy atom. The third-order valence-corrected chi connectivity index (χ3v) is 2.98. The van der Waals surface area contributed by atoms with Gasteiger partial charge in [0, 0.05) is 0 Å². The van der Waals surface area contributed by atoms with E-state index in [1.807, 2.05) is 0 Å². The van der Waals surface area contributed by atoms with E-state index >= 15 is 0 Å². The van der Waals surface area contributed by atoms with Crippen LogP contribution >= 0.6 is 0 Å². The Labute approximate surface area is 109 Å². The lowest BCUT2D eigenvalue weighted by molar-refractivity contribution is 1.55. The molecular formula is C18H18. The number of rotatable bonds is 3. The molecule has 2 rings (SSSR count). The van der Waals surface area contributed by atoms with E-state index in [4.69, 9.17) is 0 Å². The van der Waals surface area contributed by atoms with E-state index in [0.29, 0.717) is 0 Å². The molecule has 2 aromatic carbocycles. The molecule has 0 fully saturated rings. The van der Waals surface area contributed by atoms with E-state index in [-0.39, 0.29) is 0 Å². The smallest absolute Gasteiger partial charge is 0.0106 e. The van der Waals surface area contributed by atoms with Crippen LogP contribution in [0.4, 0.5) is 0 Å². The van der Waals surface area contributed by atoms with Crippen molar-refractivity contribution in [2.24, 2.45) is 0 Å². The highest BCUT2D eigenvalue weighted by Crippen LogP contribution is 2.29. The Bertz CT molecular complexity index is 560. The fourth-order valence-corrected chi connectivity index (χ4v) is 2.13. The normalized spacial score (nSPS) is 12.0. The van der Waals surface area contributed by atoms with Gasteiger partial charge in [-0.25, -0.2) is 0 Å². The number of hydrogen-bond donors (Lipinski definition) is 0.